The number of carbonyl (C=O) groups excluding carboxylic acids is 1. The summed E-state index contributed by atoms with van der Waals surface area (Å²) in [4.78, 5) is 29.7. The molecule has 0 fully saturated rings. The van der Waals surface area contributed by atoms with Crippen molar-refractivity contribution < 1.29 is 23.8 Å². The van der Waals surface area contributed by atoms with Crippen molar-refractivity contribution in [3.63, 3.8) is 0 Å². The minimum absolute atomic E-state index is 0.0270. The van der Waals surface area contributed by atoms with Crippen LogP contribution in [0.25, 0.3) is 22.1 Å². The first-order valence-electron chi connectivity index (χ1n) is 9.64. The van der Waals surface area contributed by atoms with Gasteiger partial charge in [-0.2, -0.15) is 0 Å². The molecule has 1 atom stereocenters. The van der Waals surface area contributed by atoms with Gasteiger partial charge < -0.3 is 19.0 Å². The number of rotatable bonds is 3. The molecule has 3 heterocycles. The van der Waals surface area contributed by atoms with Crippen LogP contribution in [0.15, 0.2) is 70.3 Å². The van der Waals surface area contributed by atoms with Crippen molar-refractivity contribution in [3.8, 4) is 28.4 Å². The molecule has 5 rings (SSSR count). The molecule has 7 nitrogen and oxygen atoms in total. The third-order valence-electron chi connectivity index (χ3n) is 5.48. The molecule has 0 radical (unpaired) electrons. The van der Waals surface area contributed by atoms with Crippen LogP contribution >= 0.6 is 0 Å². The fraction of sp³-hybridized carbons (Fsp3) is 0.125. The standard InChI is InChI=1S/C24H17NO6/c1-29-18-5-3-2-4-14(18)16-12-30-24-21-15(13-6-8-25-9-7-13)10-20(27)31-19(21)11-17(26)22(24)23(16)28/h2-9,11-12,15,26H,10H2,1H3/t15-/m0/s1. The zero-order chi connectivity index (χ0) is 21.5. The molecule has 7 heteroatoms. The molecule has 4 aromatic rings. The number of para-hydroxylation sites is 1. The number of hydrogen-bond donors (Lipinski definition) is 1. The van der Waals surface area contributed by atoms with Crippen molar-refractivity contribution in [1.29, 1.82) is 0 Å². The second kappa shape index (κ2) is 7.28. The molecule has 0 bridgehead atoms. The highest BCUT2D eigenvalue weighted by Gasteiger charge is 2.33. The Kier molecular flexibility index (Phi) is 4.43. The van der Waals surface area contributed by atoms with Crippen molar-refractivity contribution >= 4 is 16.9 Å². The first-order chi connectivity index (χ1) is 15.1. The van der Waals surface area contributed by atoms with E-state index in [2.05, 4.69) is 4.98 Å². The van der Waals surface area contributed by atoms with Gasteiger partial charge in [-0.05, 0) is 23.8 Å². The molecule has 31 heavy (non-hydrogen) atoms. The summed E-state index contributed by atoms with van der Waals surface area (Å²) in [5.74, 6) is -0.461. The van der Waals surface area contributed by atoms with E-state index in [1.165, 1.54) is 19.4 Å². The van der Waals surface area contributed by atoms with Gasteiger partial charge in [0.05, 0.1) is 19.1 Å². The highest BCUT2D eigenvalue weighted by atomic mass is 16.5. The molecule has 1 N–H and O–H groups in total. The predicted octanol–water partition coefficient (Wildman–Crippen LogP) is 4.01. The fourth-order valence-electron chi connectivity index (χ4n) is 4.07. The summed E-state index contributed by atoms with van der Waals surface area (Å²) in [6.45, 7) is 0. The average Bonchev–Trinajstić information content (AvgIpc) is 2.79. The van der Waals surface area contributed by atoms with Gasteiger partial charge in [0.25, 0.3) is 0 Å². The van der Waals surface area contributed by atoms with Gasteiger partial charge in [-0.3, -0.25) is 14.6 Å². The lowest BCUT2D eigenvalue weighted by Crippen LogP contribution is -2.22. The first-order valence-corrected chi connectivity index (χ1v) is 9.64. The number of carbonyl (C=O) groups is 1. The number of phenols is 1. The van der Waals surface area contributed by atoms with E-state index in [1.54, 1.807) is 48.8 Å². The normalized spacial score (nSPS) is 15.4. The van der Waals surface area contributed by atoms with Crippen molar-refractivity contribution in [2.75, 3.05) is 7.11 Å². The quantitative estimate of drug-likeness (QED) is 0.399. The van der Waals surface area contributed by atoms with Gasteiger partial charge in [-0.1, -0.05) is 18.2 Å². The summed E-state index contributed by atoms with van der Waals surface area (Å²) in [6, 6.07) is 12.0. The van der Waals surface area contributed by atoms with Crippen molar-refractivity contribution in [1.82, 2.24) is 4.98 Å². The van der Waals surface area contributed by atoms with Gasteiger partial charge in [0, 0.05) is 35.5 Å². The van der Waals surface area contributed by atoms with Crippen LogP contribution in [0, 0.1) is 0 Å². The van der Waals surface area contributed by atoms with Crippen LogP contribution in [0.4, 0.5) is 0 Å². The van der Waals surface area contributed by atoms with Crippen LogP contribution in [-0.4, -0.2) is 23.2 Å². The van der Waals surface area contributed by atoms with Gasteiger partial charge in [0.1, 0.15) is 34.5 Å². The SMILES string of the molecule is COc1ccccc1-c1coc2c3c(cc(O)c2c1=O)OC(=O)C[C@H]3c1ccncc1. The van der Waals surface area contributed by atoms with Crippen LogP contribution in [-0.2, 0) is 4.79 Å². The molecule has 0 amide bonds. The van der Waals surface area contributed by atoms with Crippen LogP contribution in [0.3, 0.4) is 0 Å². The highest BCUT2D eigenvalue weighted by molar-refractivity contribution is 5.94. The van der Waals surface area contributed by atoms with E-state index in [0.717, 1.165) is 5.56 Å². The fourth-order valence-corrected chi connectivity index (χ4v) is 4.07. The van der Waals surface area contributed by atoms with E-state index in [1.807, 2.05) is 0 Å². The Labute approximate surface area is 176 Å². The van der Waals surface area contributed by atoms with Gasteiger partial charge in [0.2, 0.25) is 5.43 Å². The van der Waals surface area contributed by atoms with Crippen LogP contribution in [0.2, 0.25) is 0 Å². The predicted molar refractivity (Wildman–Crippen MR) is 112 cm³/mol. The number of hydrogen-bond acceptors (Lipinski definition) is 7. The molecule has 0 aliphatic carbocycles. The van der Waals surface area contributed by atoms with Gasteiger partial charge in [-0.25, -0.2) is 0 Å². The molecular formula is C24H17NO6. The van der Waals surface area contributed by atoms with E-state index in [0.29, 0.717) is 16.9 Å². The van der Waals surface area contributed by atoms with Gasteiger partial charge in [-0.15, -0.1) is 0 Å². The minimum Gasteiger partial charge on any atom is -0.507 e. The molecule has 2 aromatic heterocycles. The number of benzene rings is 2. The largest absolute Gasteiger partial charge is 0.507 e. The van der Waals surface area contributed by atoms with Crippen LogP contribution < -0.4 is 14.9 Å². The molecule has 0 saturated carbocycles. The number of nitrogens with zero attached hydrogens (tertiary/aromatic N) is 1. The Morgan fingerprint density at radius 3 is 2.65 bits per heavy atom. The van der Waals surface area contributed by atoms with Crippen LogP contribution in [0.5, 0.6) is 17.2 Å². The zero-order valence-electron chi connectivity index (χ0n) is 16.5. The summed E-state index contributed by atoms with van der Waals surface area (Å²) in [7, 11) is 1.52. The average molecular weight is 415 g/mol. The van der Waals surface area contributed by atoms with Crippen molar-refractivity contribution in [2.45, 2.75) is 12.3 Å². The van der Waals surface area contributed by atoms with E-state index >= 15 is 0 Å². The van der Waals surface area contributed by atoms with Crippen LogP contribution in [0.1, 0.15) is 23.5 Å². The number of aromatic hydroxyl groups is 1. The van der Waals surface area contributed by atoms with E-state index in [-0.39, 0.29) is 34.5 Å². The molecule has 0 saturated heterocycles. The maximum atomic E-state index is 13.4. The minimum atomic E-state index is -0.430. The molecule has 1 aliphatic heterocycles. The molecule has 1 aliphatic rings. The summed E-state index contributed by atoms with van der Waals surface area (Å²) in [5, 5.41) is 10.7. The lowest BCUT2D eigenvalue weighted by molar-refractivity contribution is -0.135. The van der Waals surface area contributed by atoms with Crippen molar-refractivity contribution in [2.24, 2.45) is 0 Å². The molecule has 2 aromatic carbocycles. The summed E-state index contributed by atoms with van der Waals surface area (Å²) in [5.41, 5.74) is 1.96. The lowest BCUT2D eigenvalue weighted by Gasteiger charge is -2.25. The van der Waals surface area contributed by atoms with E-state index < -0.39 is 17.3 Å². The van der Waals surface area contributed by atoms with E-state index in [9.17, 15) is 14.7 Å². The molecule has 0 unspecified atom stereocenters. The van der Waals surface area contributed by atoms with Gasteiger partial charge in [0.15, 0.2) is 0 Å². The third-order valence-corrected chi connectivity index (χ3v) is 5.48. The highest BCUT2D eigenvalue weighted by Crippen LogP contribution is 2.45. The number of ether oxygens (including phenoxy) is 2. The summed E-state index contributed by atoms with van der Waals surface area (Å²) < 4.78 is 16.7. The third kappa shape index (κ3) is 3.02. The number of esters is 1. The smallest absolute Gasteiger partial charge is 0.312 e. The number of aromatic nitrogens is 1. The molecule has 154 valence electrons. The van der Waals surface area contributed by atoms with Gasteiger partial charge >= 0.3 is 5.97 Å². The lowest BCUT2D eigenvalue weighted by atomic mass is 9.85. The monoisotopic (exact) mass is 415 g/mol. The summed E-state index contributed by atoms with van der Waals surface area (Å²) >= 11 is 0. The van der Waals surface area contributed by atoms with Crippen molar-refractivity contribution in [3.05, 3.63) is 82.5 Å². The number of pyridine rings is 1. The molecular weight excluding hydrogens is 398 g/mol. The summed E-state index contributed by atoms with van der Waals surface area (Å²) in [6.07, 6.45) is 4.69. The maximum absolute atomic E-state index is 13.4. The first kappa shape index (κ1) is 18.9. The Morgan fingerprint density at radius 2 is 1.87 bits per heavy atom. The Hall–Kier alpha value is -4.13. The Morgan fingerprint density at radius 1 is 1.10 bits per heavy atom. The molecule has 0 spiro atoms. The number of fused-ring (bicyclic) bond motifs is 3. The second-order valence-corrected chi connectivity index (χ2v) is 7.20. The Balaban J connectivity index is 1.80. The van der Waals surface area contributed by atoms with E-state index in [4.69, 9.17) is 13.9 Å². The number of methoxy groups -OCH3 is 1. The Bertz CT molecular complexity index is 1380. The zero-order valence-corrected chi connectivity index (χ0v) is 16.5. The second-order valence-electron chi connectivity index (χ2n) is 7.20. The maximum Gasteiger partial charge on any atom is 0.312 e. The number of phenolic OH excluding ortho intramolecular Hbond substituents is 1. The topological polar surface area (TPSA) is 98.9 Å².